The highest BCUT2D eigenvalue weighted by atomic mass is 16.3. The van der Waals surface area contributed by atoms with Crippen molar-refractivity contribution in [3.05, 3.63) is 23.7 Å². The quantitative estimate of drug-likeness (QED) is 0.871. The number of rotatable bonds is 5. The summed E-state index contributed by atoms with van der Waals surface area (Å²) in [5.41, 5.74) is 5.29. The van der Waals surface area contributed by atoms with Crippen molar-refractivity contribution in [2.24, 2.45) is 5.73 Å². The first-order valence-electron chi connectivity index (χ1n) is 6.59. The fourth-order valence-electron chi connectivity index (χ4n) is 1.97. The highest BCUT2D eigenvalue weighted by molar-refractivity contribution is 5.86. The SMILES string of the molecule is CCC(C)(N)C(=O)N(Cc1ccc(C)o1)C1CC1. The minimum Gasteiger partial charge on any atom is -0.464 e. The maximum Gasteiger partial charge on any atom is 0.243 e. The Hall–Kier alpha value is -1.29. The Bertz CT molecular complexity index is 433. The highest BCUT2D eigenvalue weighted by Gasteiger charge is 2.39. The second-order valence-corrected chi connectivity index (χ2v) is 5.45. The Morgan fingerprint density at radius 3 is 2.67 bits per heavy atom. The molecule has 1 aromatic heterocycles. The first-order valence-corrected chi connectivity index (χ1v) is 6.59. The maximum atomic E-state index is 12.4. The third-order valence-electron chi connectivity index (χ3n) is 3.59. The molecule has 1 atom stereocenters. The van der Waals surface area contributed by atoms with Gasteiger partial charge < -0.3 is 15.1 Å². The van der Waals surface area contributed by atoms with Crippen molar-refractivity contribution in [2.75, 3.05) is 0 Å². The van der Waals surface area contributed by atoms with Gasteiger partial charge in [-0.15, -0.1) is 0 Å². The molecule has 0 bridgehead atoms. The van der Waals surface area contributed by atoms with E-state index in [2.05, 4.69) is 0 Å². The van der Waals surface area contributed by atoms with E-state index < -0.39 is 5.54 Å². The fraction of sp³-hybridized carbons (Fsp3) is 0.643. The molecule has 0 aliphatic heterocycles. The van der Waals surface area contributed by atoms with Gasteiger partial charge in [-0.25, -0.2) is 0 Å². The van der Waals surface area contributed by atoms with Crippen LogP contribution in [0, 0.1) is 6.92 Å². The van der Waals surface area contributed by atoms with E-state index in [1.807, 2.05) is 30.9 Å². The number of hydrogen-bond acceptors (Lipinski definition) is 3. The van der Waals surface area contributed by atoms with Crippen LogP contribution < -0.4 is 5.73 Å². The van der Waals surface area contributed by atoms with E-state index in [4.69, 9.17) is 10.2 Å². The fourth-order valence-corrected chi connectivity index (χ4v) is 1.97. The van der Waals surface area contributed by atoms with E-state index in [0.717, 1.165) is 24.4 Å². The molecule has 100 valence electrons. The van der Waals surface area contributed by atoms with Gasteiger partial charge in [-0.1, -0.05) is 6.92 Å². The van der Waals surface area contributed by atoms with Gasteiger partial charge in [0.25, 0.3) is 0 Å². The van der Waals surface area contributed by atoms with Crippen LogP contribution >= 0.6 is 0 Å². The van der Waals surface area contributed by atoms with Crippen LogP contribution in [0.15, 0.2) is 16.5 Å². The van der Waals surface area contributed by atoms with Gasteiger partial charge in [-0.3, -0.25) is 4.79 Å². The van der Waals surface area contributed by atoms with Crippen molar-refractivity contribution >= 4 is 5.91 Å². The van der Waals surface area contributed by atoms with E-state index in [1.54, 1.807) is 6.92 Å². The van der Waals surface area contributed by atoms with E-state index in [-0.39, 0.29) is 5.91 Å². The summed E-state index contributed by atoms with van der Waals surface area (Å²) >= 11 is 0. The van der Waals surface area contributed by atoms with Gasteiger partial charge in [-0.05, 0) is 45.2 Å². The normalized spacial score (nSPS) is 18.4. The standard InChI is InChI=1S/C14H22N2O2/c1-4-14(3,15)13(17)16(11-6-7-11)9-12-8-5-10(2)18-12/h5,8,11H,4,6-7,9,15H2,1-3H3. The highest BCUT2D eigenvalue weighted by Crippen LogP contribution is 2.30. The predicted molar refractivity (Wildman–Crippen MR) is 69.9 cm³/mol. The van der Waals surface area contributed by atoms with Crippen LogP contribution in [0.2, 0.25) is 0 Å². The second kappa shape index (κ2) is 4.76. The number of aryl methyl sites for hydroxylation is 1. The van der Waals surface area contributed by atoms with Crippen molar-refractivity contribution in [2.45, 2.75) is 58.2 Å². The van der Waals surface area contributed by atoms with E-state index in [1.165, 1.54) is 0 Å². The second-order valence-electron chi connectivity index (χ2n) is 5.45. The molecule has 1 fully saturated rings. The summed E-state index contributed by atoms with van der Waals surface area (Å²) in [6, 6.07) is 4.20. The molecule has 1 aliphatic rings. The largest absolute Gasteiger partial charge is 0.464 e. The average molecular weight is 250 g/mol. The molecule has 1 unspecified atom stereocenters. The Labute approximate surface area is 108 Å². The number of amides is 1. The molecule has 0 saturated heterocycles. The van der Waals surface area contributed by atoms with Crippen LogP contribution in [0.5, 0.6) is 0 Å². The average Bonchev–Trinajstić information content (AvgIpc) is 3.09. The Morgan fingerprint density at radius 2 is 2.22 bits per heavy atom. The van der Waals surface area contributed by atoms with E-state index in [0.29, 0.717) is 19.0 Å². The minimum absolute atomic E-state index is 0.0292. The van der Waals surface area contributed by atoms with Crippen LogP contribution in [0.3, 0.4) is 0 Å². The van der Waals surface area contributed by atoms with E-state index >= 15 is 0 Å². The lowest BCUT2D eigenvalue weighted by Gasteiger charge is -2.30. The molecule has 1 aliphatic carbocycles. The molecule has 2 N–H and O–H groups in total. The third kappa shape index (κ3) is 2.75. The van der Waals surface area contributed by atoms with Crippen LogP contribution in [0.25, 0.3) is 0 Å². The molecule has 1 saturated carbocycles. The molecular weight excluding hydrogens is 228 g/mol. The van der Waals surface area contributed by atoms with Crippen molar-refractivity contribution < 1.29 is 9.21 Å². The zero-order chi connectivity index (χ0) is 13.3. The van der Waals surface area contributed by atoms with Gasteiger partial charge in [0.1, 0.15) is 11.5 Å². The van der Waals surface area contributed by atoms with E-state index in [9.17, 15) is 4.79 Å². The van der Waals surface area contributed by atoms with Crippen molar-refractivity contribution in [3.63, 3.8) is 0 Å². The van der Waals surface area contributed by atoms with Gasteiger partial charge in [-0.2, -0.15) is 0 Å². The maximum absolute atomic E-state index is 12.4. The summed E-state index contributed by atoms with van der Waals surface area (Å²) < 4.78 is 5.55. The van der Waals surface area contributed by atoms with Gasteiger partial charge in [0.2, 0.25) is 5.91 Å². The number of carbonyl (C=O) groups is 1. The summed E-state index contributed by atoms with van der Waals surface area (Å²) in [5.74, 6) is 1.74. The van der Waals surface area contributed by atoms with Crippen LogP contribution in [0.4, 0.5) is 0 Å². The zero-order valence-electron chi connectivity index (χ0n) is 11.4. The summed E-state index contributed by atoms with van der Waals surface area (Å²) in [4.78, 5) is 14.3. The van der Waals surface area contributed by atoms with Crippen LogP contribution in [-0.2, 0) is 11.3 Å². The third-order valence-corrected chi connectivity index (χ3v) is 3.59. The molecule has 2 rings (SSSR count). The number of carbonyl (C=O) groups excluding carboxylic acids is 1. The van der Waals surface area contributed by atoms with Crippen molar-refractivity contribution in [3.8, 4) is 0 Å². The van der Waals surface area contributed by atoms with Gasteiger partial charge in [0.05, 0.1) is 12.1 Å². The number of nitrogens with zero attached hydrogens (tertiary/aromatic N) is 1. The molecule has 1 heterocycles. The minimum atomic E-state index is -0.774. The lowest BCUT2D eigenvalue weighted by Crippen LogP contribution is -2.53. The molecule has 1 amide bonds. The van der Waals surface area contributed by atoms with Crippen molar-refractivity contribution in [1.82, 2.24) is 4.90 Å². The molecule has 0 radical (unpaired) electrons. The van der Waals surface area contributed by atoms with Crippen LogP contribution in [-0.4, -0.2) is 22.4 Å². The molecule has 0 spiro atoms. The number of hydrogen-bond donors (Lipinski definition) is 1. The molecule has 0 aromatic carbocycles. The van der Waals surface area contributed by atoms with Gasteiger partial charge >= 0.3 is 0 Å². The summed E-state index contributed by atoms with van der Waals surface area (Å²) in [6.45, 7) is 6.19. The first-order chi connectivity index (χ1) is 8.44. The summed E-state index contributed by atoms with van der Waals surface area (Å²) in [5, 5.41) is 0. The lowest BCUT2D eigenvalue weighted by molar-refractivity contribution is -0.138. The van der Waals surface area contributed by atoms with Gasteiger partial charge in [0.15, 0.2) is 0 Å². The van der Waals surface area contributed by atoms with Crippen molar-refractivity contribution in [1.29, 1.82) is 0 Å². The number of nitrogens with two attached hydrogens (primary N) is 1. The lowest BCUT2D eigenvalue weighted by atomic mass is 9.98. The summed E-state index contributed by atoms with van der Waals surface area (Å²) in [7, 11) is 0. The molecule has 4 heteroatoms. The Morgan fingerprint density at radius 1 is 1.56 bits per heavy atom. The molecule has 18 heavy (non-hydrogen) atoms. The number of furan rings is 1. The first kappa shape index (κ1) is 13.1. The van der Waals surface area contributed by atoms with Gasteiger partial charge in [0, 0.05) is 6.04 Å². The summed E-state index contributed by atoms with van der Waals surface area (Å²) in [6.07, 6.45) is 2.79. The van der Waals surface area contributed by atoms with Crippen LogP contribution in [0.1, 0.15) is 44.6 Å². The molecular formula is C14H22N2O2. The Kier molecular flexibility index (Phi) is 3.48. The topological polar surface area (TPSA) is 59.5 Å². The molecule has 1 aromatic rings. The smallest absolute Gasteiger partial charge is 0.243 e. The predicted octanol–water partition coefficient (Wildman–Crippen LogP) is 2.21. The zero-order valence-corrected chi connectivity index (χ0v) is 11.4. The monoisotopic (exact) mass is 250 g/mol. The Balaban J connectivity index is 2.11. The molecule has 4 nitrogen and oxygen atoms in total.